The van der Waals surface area contributed by atoms with Crippen LogP contribution in [0, 0.1) is 0 Å². The van der Waals surface area contributed by atoms with Crippen LogP contribution in [0.5, 0.6) is 17.2 Å². The summed E-state index contributed by atoms with van der Waals surface area (Å²) in [6.45, 7) is 9.22. The summed E-state index contributed by atoms with van der Waals surface area (Å²) in [5, 5.41) is 2.95. The van der Waals surface area contributed by atoms with Crippen molar-refractivity contribution >= 4 is 11.7 Å². The van der Waals surface area contributed by atoms with Gasteiger partial charge in [0.1, 0.15) is 25.6 Å². The zero-order chi connectivity index (χ0) is 21.3. The third kappa shape index (κ3) is 5.79. The Hall–Kier alpha value is -2.93. The van der Waals surface area contributed by atoms with Gasteiger partial charge in [0.05, 0.1) is 5.69 Å². The molecule has 30 heavy (non-hydrogen) atoms. The molecular formula is C23H31N3O4. The molecule has 162 valence electrons. The molecule has 0 aliphatic carbocycles. The highest BCUT2D eigenvalue weighted by Crippen LogP contribution is 2.31. The molecule has 2 aromatic rings. The second kappa shape index (κ2) is 10.7. The minimum atomic E-state index is -0.204. The van der Waals surface area contributed by atoms with Crippen molar-refractivity contribution in [3.05, 3.63) is 48.0 Å². The molecule has 0 aromatic heterocycles. The van der Waals surface area contributed by atoms with Crippen molar-refractivity contribution in [3.63, 3.8) is 0 Å². The van der Waals surface area contributed by atoms with Gasteiger partial charge in [-0.15, -0.1) is 0 Å². The molecule has 1 aliphatic rings. The number of hydrogen-bond donors (Lipinski definition) is 1. The number of benzene rings is 2. The molecule has 0 atom stereocenters. The van der Waals surface area contributed by atoms with Gasteiger partial charge in [-0.1, -0.05) is 32.0 Å². The van der Waals surface area contributed by atoms with E-state index in [0.29, 0.717) is 37.8 Å². The Bertz CT molecular complexity index is 839. The number of carbonyl (C=O) groups excluding carboxylic acids is 1. The van der Waals surface area contributed by atoms with E-state index < -0.39 is 0 Å². The van der Waals surface area contributed by atoms with Crippen molar-refractivity contribution in [2.24, 2.45) is 0 Å². The number of likely N-dealkylation sites (N-methyl/N-ethyl adjacent to an activating group) is 1. The van der Waals surface area contributed by atoms with Crippen LogP contribution >= 0.6 is 0 Å². The molecule has 1 heterocycles. The predicted octanol–water partition coefficient (Wildman–Crippen LogP) is 3.84. The highest BCUT2D eigenvalue weighted by molar-refractivity contribution is 5.90. The average molecular weight is 414 g/mol. The molecule has 0 unspecified atom stereocenters. The number of para-hydroxylation sites is 2. The van der Waals surface area contributed by atoms with Gasteiger partial charge in [0.25, 0.3) is 0 Å². The molecule has 2 amide bonds. The third-order valence-corrected chi connectivity index (χ3v) is 5.06. The fourth-order valence-electron chi connectivity index (χ4n) is 3.26. The lowest BCUT2D eigenvalue weighted by Gasteiger charge is -2.22. The fourth-order valence-corrected chi connectivity index (χ4v) is 3.26. The second-order valence-corrected chi connectivity index (χ2v) is 7.14. The van der Waals surface area contributed by atoms with Gasteiger partial charge in [-0.05, 0) is 42.9 Å². The van der Waals surface area contributed by atoms with E-state index in [1.807, 2.05) is 42.5 Å². The molecule has 1 aliphatic heterocycles. The normalized spacial score (nSPS) is 12.5. The van der Waals surface area contributed by atoms with Gasteiger partial charge in [0, 0.05) is 20.1 Å². The van der Waals surface area contributed by atoms with Gasteiger partial charge in [-0.3, -0.25) is 0 Å². The minimum absolute atomic E-state index is 0.204. The highest BCUT2D eigenvalue weighted by atomic mass is 16.6. The maximum absolute atomic E-state index is 12.7. The third-order valence-electron chi connectivity index (χ3n) is 5.06. The van der Waals surface area contributed by atoms with E-state index >= 15 is 0 Å². The lowest BCUT2D eigenvalue weighted by atomic mass is 10.2. The molecule has 7 nitrogen and oxygen atoms in total. The number of anilines is 1. The summed E-state index contributed by atoms with van der Waals surface area (Å²) < 4.78 is 17.1. The first-order valence-electron chi connectivity index (χ1n) is 10.5. The number of amides is 2. The predicted molar refractivity (Wildman–Crippen MR) is 118 cm³/mol. The number of ether oxygens (including phenoxy) is 3. The van der Waals surface area contributed by atoms with E-state index in [9.17, 15) is 4.79 Å². The van der Waals surface area contributed by atoms with Crippen LogP contribution in [0.3, 0.4) is 0 Å². The smallest absolute Gasteiger partial charge is 0.321 e. The van der Waals surface area contributed by atoms with Crippen LogP contribution in [-0.4, -0.2) is 62.3 Å². The first kappa shape index (κ1) is 21.8. The molecule has 0 bridgehead atoms. The molecule has 3 rings (SSSR count). The number of rotatable bonds is 9. The number of carbonyl (C=O) groups is 1. The minimum Gasteiger partial charge on any atom is -0.490 e. The summed E-state index contributed by atoms with van der Waals surface area (Å²) in [4.78, 5) is 16.6. The Morgan fingerprint density at radius 1 is 1.07 bits per heavy atom. The van der Waals surface area contributed by atoms with E-state index in [1.165, 1.54) is 0 Å². The Labute approximate surface area is 178 Å². The summed E-state index contributed by atoms with van der Waals surface area (Å²) in [7, 11) is 1.76. The summed E-state index contributed by atoms with van der Waals surface area (Å²) in [5.74, 6) is 2.14. The SMILES string of the molecule is CCN(CC)CCOc1ccccc1NC(=O)N(C)Cc1ccc2c(c1)OCCO2. The largest absolute Gasteiger partial charge is 0.490 e. The van der Waals surface area contributed by atoms with E-state index in [2.05, 4.69) is 24.1 Å². The molecule has 0 saturated carbocycles. The standard InChI is InChI=1S/C23H31N3O4/c1-4-26(5-2)12-13-28-20-9-7-6-8-19(20)24-23(27)25(3)17-18-10-11-21-22(16-18)30-15-14-29-21/h6-11,16H,4-5,12-15,17H2,1-3H3,(H,24,27). The van der Waals surface area contributed by atoms with Gasteiger partial charge < -0.3 is 29.3 Å². The Morgan fingerprint density at radius 3 is 2.57 bits per heavy atom. The second-order valence-electron chi connectivity index (χ2n) is 7.14. The summed E-state index contributed by atoms with van der Waals surface area (Å²) in [6.07, 6.45) is 0. The molecule has 0 spiro atoms. The first-order valence-corrected chi connectivity index (χ1v) is 10.5. The average Bonchev–Trinajstić information content (AvgIpc) is 2.77. The Balaban J connectivity index is 1.57. The van der Waals surface area contributed by atoms with Gasteiger partial charge in [-0.25, -0.2) is 4.79 Å². The van der Waals surface area contributed by atoms with E-state index in [-0.39, 0.29) is 6.03 Å². The fraction of sp³-hybridized carbons (Fsp3) is 0.435. The van der Waals surface area contributed by atoms with Crippen LogP contribution in [-0.2, 0) is 6.54 Å². The van der Waals surface area contributed by atoms with Crippen LogP contribution in [0.25, 0.3) is 0 Å². The van der Waals surface area contributed by atoms with E-state index in [4.69, 9.17) is 14.2 Å². The Kier molecular flexibility index (Phi) is 7.79. The van der Waals surface area contributed by atoms with Crippen LogP contribution in [0.4, 0.5) is 10.5 Å². The maximum Gasteiger partial charge on any atom is 0.321 e. The zero-order valence-corrected chi connectivity index (χ0v) is 18.0. The van der Waals surface area contributed by atoms with E-state index in [0.717, 1.165) is 36.7 Å². The summed E-state index contributed by atoms with van der Waals surface area (Å²) in [5.41, 5.74) is 1.64. The molecule has 2 aromatic carbocycles. The lowest BCUT2D eigenvalue weighted by molar-refractivity contribution is 0.171. The van der Waals surface area contributed by atoms with Crippen LogP contribution < -0.4 is 19.5 Å². The quantitative estimate of drug-likeness (QED) is 0.677. The lowest BCUT2D eigenvalue weighted by Crippen LogP contribution is -2.31. The maximum atomic E-state index is 12.7. The van der Waals surface area contributed by atoms with Crippen molar-refractivity contribution in [2.45, 2.75) is 20.4 Å². The van der Waals surface area contributed by atoms with Crippen molar-refractivity contribution in [2.75, 3.05) is 51.8 Å². The van der Waals surface area contributed by atoms with Gasteiger partial charge in [-0.2, -0.15) is 0 Å². The summed E-state index contributed by atoms with van der Waals surface area (Å²) >= 11 is 0. The van der Waals surface area contributed by atoms with Gasteiger partial charge in [0.2, 0.25) is 0 Å². The number of fused-ring (bicyclic) bond motifs is 1. The molecule has 1 N–H and O–H groups in total. The highest BCUT2D eigenvalue weighted by Gasteiger charge is 2.15. The van der Waals surface area contributed by atoms with Gasteiger partial charge in [0.15, 0.2) is 11.5 Å². The first-order chi connectivity index (χ1) is 14.6. The van der Waals surface area contributed by atoms with Crippen molar-refractivity contribution in [3.8, 4) is 17.2 Å². The van der Waals surface area contributed by atoms with Crippen molar-refractivity contribution in [1.82, 2.24) is 9.80 Å². The molecule has 7 heteroatoms. The molecular weight excluding hydrogens is 382 g/mol. The Morgan fingerprint density at radius 2 is 1.80 bits per heavy atom. The number of hydrogen-bond acceptors (Lipinski definition) is 5. The molecule has 0 fully saturated rings. The van der Waals surface area contributed by atoms with Crippen molar-refractivity contribution < 1.29 is 19.0 Å². The zero-order valence-electron chi connectivity index (χ0n) is 18.0. The number of nitrogens with zero attached hydrogens (tertiary/aromatic N) is 2. The van der Waals surface area contributed by atoms with Gasteiger partial charge >= 0.3 is 6.03 Å². The summed E-state index contributed by atoms with van der Waals surface area (Å²) in [6, 6.07) is 13.1. The molecule has 0 saturated heterocycles. The topological polar surface area (TPSA) is 63.3 Å². The monoisotopic (exact) mass is 413 g/mol. The number of urea groups is 1. The van der Waals surface area contributed by atoms with Crippen LogP contribution in [0.2, 0.25) is 0 Å². The van der Waals surface area contributed by atoms with E-state index in [1.54, 1.807) is 11.9 Å². The van der Waals surface area contributed by atoms with Crippen molar-refractivity contribution in [1.29, 1.82) is 0 Å². The van der Waals surface area contributed by atoms with Crippen LogP contribution in [0.1, 0.15) is 19.4 Å². The van der Waals surface area contributed by atoms with Crippen LogP contribution in [0.15, 0.2) is 42.5 Å². The number of nitrogens with one attached hydrogen (secondary N) is 1. The molecule has 0 radical (unpaired) electrons.